The summed E-state index contributed by atoms with van der Waals surface area (Å²) in [4.78, 5) is 13.0. The number of phenols is 2. The average molecular weight is 403 g/mol. The maximum absolute atomic E-state index is 13.0. The standard InChI is InChI=1S/C23H27ClO4/c1-12-7-6-8-13(2)21-17(22(27)23(4,5)28-21)11-16-14(3)18(24)20(26)15(10-9-12)19(16)25/h8-9,11,21,25-26H,6-7,10H2,1-5H3/b12-9+,13-8+,17-11+/t21-/m1/s1. The average Bonchev–Trinajstić information content (AvgIpc) is 2.86. The van der Waals surface area contributed by atoms with Crippen molar-refractivity contribution in [3.8, 4) is 11.5 Å². The van der Waals surface area contributed by atoms with Crippen LogP contribution in [0.4, 0.5) is 0 Å². The number of phenolic OH excluding ortho intramolecular Hbond substituents is 2. The van der Waals surface area contributed by atoms with E-state index in [1.165, 1.54) is 0 Å². The molecule has 1 aromatic carbocycles. The van der Waals surface area contributed by atoms with E-state index in [-0.39, 0.29) is 22.3 Å². The number of benzene rings is 1. The number of Topliss-reactive ketones (excluding diaryl/α,β-unsaturated/α-hetero) is 1. The van der Waals surface area contributed by atoms with Gasteiger partial charge >= 0.3 is 0 Å². The van der Waals surface area contributed by atoms with Crippen LogP contribution in [0.15, 0.2) is 28.9 Å². The summed E-state index contributed by atoms with van der Waals surface area (Å²) in [5.41, 5.74) is 3.02. The van der Waals surface area contributed by atoms with Crippen molar-refractivity contribution in [1.29, 1.82) is 0 Å². The maximum atomic E-state index is 13.0. The van der Waals surface area contributed by atoms with Crippen molar-refractivity contribution in [3.63, 3.8) is 0 Å². The molecule has 0 radical (unpaired) electrons. The highest BCUT2D eigenvalue weighted by Gasteiger charge is 2.45. The molecule has 1 heterocycles. The Morgan fingerprint density at radius 3 is 2.50 bits per heavy atom. The molecular weight excluding hydrogens is 376 g/mol. The fourth-order valence-corrected chi connectivity index (χ4v) is 3.99. The van der Waals surface area contributed by atoms with Gasteiger partial charge in [-0.1, -0.05) is 29.3 Å². The van der Waals surface area contributed by atoms with E-state index < -0.39 is 11.7 Å². The van der Waals surface area contributed by atoms with Crippen molar-refractivity contribution >= 4 is 23.5 Å². The van der Waals surface area contributed by atoms with Crippen molar-refractivity contribution in [2.75, 3.05) is 0 Å². The molecule has 1 aromatic rings. The number of rotatable bonds is 0. The number of carbonyl (C=O) groups excluding carboxylic acids is 1. The smallest absolute Gasteiger partial charge is 0.193 e. The fourth-order valence-electron chi connectivity index (χ4n) is 3.78. The first-order valence-corrected chi connectivity index (χ1v) is 9.91. The van der Waals surface area contributed by atoms with Gasteiger partial charge in [0.1, 0.15) is 23.2 Å². The van der Waals surface area contributed by atoms with Crippen LogP contribution in [0.1, 0.15) is 57.2 Å². The molecule has 4 nitrogen and oxygen atoms in total. The summed E-state index contributed by atoms with van der Waals surface area (Å²) in [6, 6.07) is 0. The summed E-state index contributed by atoms with van der Waals surface area (Å²) >= 11 is 6.36. The van der Waals surface area contributed by atoms with E-state index in [2.05, 4.69) is 6.08 Å². The molecule has 1 fully saturated rings. The van der Waals surface area contributed by atoms with Crippen LogP contribution in [0.25, 0.3) is 6.08 Å². The summed E-state index contributed by atoms with van der Waals surface area (Å²) in [7, 11) is 0. The van der Waals surface area contributed by atoms with E-state index in [9.17, 15) is 15.0 Å². The summed E-state index contributed by atoms with van der Waals surface area (Å²) in [5, 5.41) is 21.6. The SMILES string of the molecule is C/C1=C\Cc2c(O)c(Cl)c(C)c(c2O)/C=C2/C(=O)C(C)(C)O[C@@H]2/C(C)=C/CC1. The van der Waals surface area contributed by atoms with E-state index in [1.807, 2.05) is 19.9 Å². The molecule has 2 aliphatic rings. The van der Waals surface area contributed by atoms with Gasteiger partial charge in [-0.3, -0.25) is 4.79 Å². The first-order chi connectivity index (χ1) is 13.0. The minimum absolute atomic E-state index is 0.0481. The van der Waals surface area contributed by atoms with Crippen molar-refractivity contribution in [1.82, 2.24) is 0 Å². The topological polar surface area (TPSA) is 66.8 Å². The summed E-state index contributed by atoms with van der Waals surface area (Å²) in [6.45, 7) is 9.23. The molecule has 1 aliphatic carbocycles. The number of hydrogen-bond donors (Lipinski definition) is 2. The van der Waals surface area contributed by atoms with Crippen LogP contribution in [0.2, 0.25) is 5.02 Å². The molecular formula is C23H27ClO4. The van der Waals surface area contributed by atoms with Gasteiger partial charge in [0.25, 0.3) is 0 Å². The summed E-state index contributed by atoms with van der Waals surface area (Å²) in [5.74, 6) is -0.273. The predicted molar refractivity (Wildman–Crippen MR) is 112 cm³/mol. The lowest BCUT2D eigenvalue weighted by Gasteiger charge is -2.17. The molecule has 150 valence electrons. The van der Waals surface area contributed by atoms with Gasteiger partial charge in [0.2, 0.25) is 0 Å². The summed E-state index contributed by atoms with van der Waals surface area (Å²) < 4.78 is 6.08. The Balaban J connectivity index is 2.31. The second-order valence-corrected chi connectivity index (χ2v) is 8.58. The molecule has 1 atom stereocenters. The monoisotopic (exact) mass is 402 g/mol. The van der Waals surface area contributed by atoms with Gasteiger partial charge in [-0.15, -0.1) is 0 Å². The van der Waals surface area contributed by atoms with Crippen LogP contribution in [0, 0.1) is 6.92 Å². The van der Waals surface area contributed by atoms with E-state index >= 15 is 0 Å². The zero-order valence-corrected chi connectivity index (χ0v) is 17.8. The number of carbonyl (C=O) groups is 1. The van der Waals surface area contributed by atoms with Crippen LogP contribution < -0.4 is 0 Å². The van der Waals surface area contributed by atoms with Crippen molar-refractivity contribution in [2.45, 2.75) is 65.6 Å². The lowest BCUT2D eigenvalue weighted by Crippen LogP contribution is -2.27. The van der Waals surface area contributed by atoms with Crippen LogP contribution in [-0.2, 0) is 16.0 Å². The zero-order valence-electron chi connectivity index (χ0n) is 17.0. The number of fused-ring (bicyclic) bond motifs is 3. The molecule has 0 aromatic heterocycles. The van der Waals surface area contributed by atoms with Crippen LogP contribution in [0.5, 0.6) is 11.5 Å². The molecule has 2 N–H and O–H groups in total. The molecule has 2 bridgehead atoms. The van der Waals surface area contributed by atoms with Crippen LogP contribution in [0.3, 0.4) is 0 Å². The molecule has 0 spiro atoms. The Morgan fingerprint density at radius 1 is 1.14 bits per heavy atom. The van der Waals surface area contributed by atoms with E-state index in [0.717, 1.165) is 24.0 Å². The number of halogens is 1. The van der Waals surface area contributed by atoms with Gasteiger partial charge in [0.05, 0.1) is 5.02 Å². The number of aromatic hydroxyl groups is 2. The molecule has 0 amide bonds. The Labute approximate surface area is 171 Å². The zero-order chi connectivity index (χ0) is 20.8. The van der Waals surface area contributed by atoms with Crippen LogP contribution in [-0.4, -0.2) is 27.7 Å². The third-order valence-corrected chi connectivity index (χ3v) is 6.11. The van der Waals surface area contributed by atoms with Gasteiger partial charge in [0, 0.05) is 16.7 Å². The quantitative estimate of drug-likeness (QED) is 0.568. The maximum Gasteiger partial charge on any atom is 0.193 e. The molecule has 1 saturated heterocycles. The van der Waals surface area contributed by atoms with E-state index in [4.69, 9.17) is 16.3 Å². The van der Waals surface area contributed by atoms with Crippen molar-refractivity contribution in [3.05, 3.63) is 50.6 Å². The predicted octanol–water partition coefficient (Wildman–Crippen LogP) is 5.42. The van der Waals surface area contributed by atoms with Gasteiger partial charge in [-0.2, -0.15) is 0 Å². The third kappa shape index (κ3) is 3.51. The number of ether oxygens (including phenoxy) is 1. The Morgan fingerprint density at radius 2 is 1.82 bits per heavy atom. The first kappa shape index (κ1) is 20.7. The second-order valence-electron chi connectivity index (χ2n) is 8.21. The normalized spacial score (nSPS) is 27.9. The Bertz CT molecular complexity index is 935. The lowest BCUT2D eigenvalue weighted by molar-refractivity contribution is -0.128. The molecule has 0 saturated carbocycles. The van der Waals surface area contributed by atoms with Gasteiger partial charge in [-0.05, 0) is 71.1 Å². The largest absolute Gasteiger partial charge is 0.507 e. The van der Waals surface area contributed by atoms with Crippen molar-refractivity contribution < 1.29 is 19.7 Å². The van der Waals surface area contributed by atoms with E-state index in [1.54, 1.807) is 26.8 Å². The minimum Gasteiger partial charge on any atom is -0.507 e. The van der Waals surface area contributed by atoms with Crippen LogP contribution >= 0.6 is 11.6 Å². The van der Waals surface area contributed by atoms with Gasteiger partial charge in [-0.25, -0.2) is 0 Å². The van der Waals surface area contributed by atoms with E-state index in [0.29, 0.717) is 28.7 Å². The summed E-state index contributed by atoms with van der Waals surface area (Å²) in [6.07, 6.45) is 7.33. The highest BCUT2D eigenvalue weighted by Crippen LogP contribution is 2.44. The molecule has 1 aliphatic heterocycles. The Kier molecular flexibility index (Phi) is 5.48. The molecule has 0 unspecified atom stereocenters. The number of allylic oxidation sites excluding steroid dienone is 3. The highest BCUT2D eigenvalue weighted by molar-refractivity contribution is 6.33. The number of ketones is 1. The first-order valence-electron chi connectivity index (χ1n) is 9.54. The Hall–Kier alpha value is -2.04. The lowest BCUT2D eigenvalue weighted by atomic mass is 9.91. The third-order valence-electron chi connectivity index (χ3n) is 5.64. The molecule has 28 heavy (non-hydrogen) atoms. The number of hydrogen-bond acceptors (Lipinski definition) is 4. The molecule has 5 heteroatoms. The molecule has 3 rings (SSSR count). The second kappa shape index (κ2) is 7.41. The minimum atomic E-state index is -0.939. The highest BCUT2D eigenvalue weighted by atomic mass is 35.5. The van der Waals surface area contributed by atoms with Gasteiger partial charge in [0.15, 0.2) is 5.78 Å². The van der Waals surface area contributed by atoms with Gasteiger partial charge < -0.3 is 14.9 Å². The van der Waals surface area contributed by atoms with Crippen molar-refractivity contribution in [2.24, 2.45) is 0 Å². The fraction of sp³-hybridized carbons (Fsp3) is 0.435.